The molecule has 1 aromatic heterocycles. The Hall–Kier alpha value is -1.43. The highest BCUT2D eigenvalue weighted by Crippen LogP contribution is 2.02. The maximum absolute atomic E-state index is 11.5. The van der Waals surface area contributed by atoms with E-state index in [0.29, 0.717) is 25.6 Å². The summed E-state index contributed by atoms with van der Waals surface area (Å²) in [6, 6.07) is 0. The van der Waals surface area contributed by atoms with Crippen LogP contribution in [-0.4, -0.2) is 34.1 Å². The molecule has 0 aliphatic rings. The smallest absolute Gasteiger partial charge is 0.360 e. The van der Waals surface area contributed by atoms with Crippen LogP contribution in [-0.2, 0) is 11.3 Å². The molecule has 0 amide bonds. The highest BCUT2D eigenvalue weighted by atomic mass is 16.5. The first-order valence-electron chi connectivity index (χ1n) is 5.40. The topological polar surface area (TPSA) is 83.0 Å². The van der Waals surface area contributed by atoms with E-state index in [0.717, 1.165) is 6.42 Å². The quantitative estimate of drug-likeness (QED) is 0.711. The Balaban J connectivity index is 2.40. The molecule has 0 fully saturated rings. The number of nitrogens with zero attached hydrogens (tertiary/aromatic N) is 3. The molecule has 0 radical (unpaired) electrons. The number of hydrogen-bond donors (Lipinski definition) is 1. The van der Waals surface area contributed by atoms with Crippen LogP contribution in [0.3, 0.4) is 0 Å². The van der Waals surface area contributed by atoms with E-state index in [1.807, 2.05) is 0 Å². The summed E-state index contributed by atoms with van der Waals surface area (Å²) in [4.78, 5) is 11.5. The molecule has 1 rings (SSSR count). The first-order valence-corrected chi connectivity index (χ1v) is 5.40. The van der Waals surface area contributed by atoms with Crippen LogP contribution >= 0.6 is 0 Å². The second-order valence-electron chi connectivity index (χ2n) is 3.97. The normalized spacial score (nSPS) is 10.8. The summed E-state index contributed by atoms with van der Waals surface area (Å²) >= 11 is 0. The molecule has 2 N–H and O–H groups in total. The van der Waals surface area contributed by atoms with Crippen LogP contribution in [0.2, 0.25) is 0 Å². The third-order valence-electron chi connectivity index (χ3n) is 2.03. The number of rotatable bonds is 6. The Labute approximate surface area is 94.8 Å². The molecule has 0 bridgehead atoms. The van der Waals surface area contributed by atoms with E-state index in [2.05, 4.69) is 24.2 Å². The maximum Gasteiger partial charge on any atom is 0.360 e. The van der Waals surface area contributed by atoms with Crippen molar-refractivity contribution in [3.8, 4) is 0 Å². The number of hydrogen-bond acceptors (Lipinski definition) is 5. The monoisotopic (exact) mass is 226 g/mol. The fraction of sp³-hybridized carbons (Fsp3) is 0.700. The Kier molecular flexibility index (Phi) is 4.91. The van der Waals surface area contributed by atoms with Crippen molar-refractivity contribution >= 4 is 5.97 Å². The molecule has 0 saturated carbocycles. The van der Waals surface area contributed by atoms with Crippen molar-refractivity contribution in [2.45, 2.75) is 26.8 Å². The zero-order valence-corrected chi connectivity index (χ0v) is 9.72. The third kappa shape index (κ3) is 3.98. The highest BCUT2D eigenvalue weighted by Gasteiger charge is 2.11. The van der Waals surface area contributed by atoms with Crippen molar-refractivity contribution < 1.29 is 9.53 Å². The van der Waals surface area contributed by atoms with Crippen molar-refractivity contribution in [3.63, 3.8) is 0 Å². The van der Waals surface area contributed by atoms with Crippen molar-refractivity contribution in [2.24, 2.45) is 11.7 Å². The lowest BCUT2D eigenvalue weighted by Crippen LogP contribution is -2.10. The van der Waals surface area contributed by atoms with Crippen LogP contribution in [0.1, 0.15) is 30.8 Å². The van der Waals surface area contributed by atoms with E-state index >= 15 is 0 Å². The highest BCUT2D eigenvalue weighted by molar-refractivity contribution is 5.86. The Morgan fingerprint density at radius 1 is 1.62 bits per heavy atom. The summed E-state index contributed by atoms with van der Waals surface area (Å²) < 4.78 is 6.57. The summed E-state index contributed by atoms with van der Waals surface area (Å²) in [5.74, 6) is 0.0876. The van der Waals surface area contributed by atoms with Crippen LogP contribution in [0.5, 0.6) is 0 Å². The molecule has 1 aromatic rings. The lowest BCUT2D eigenvalue weighted by molar-refractivity contribution is 0.0481. The number of esters is 1. The lowest BCUT2D eigenvalue weighted by atomic mass is 10.1. The molecule has 6 nitrogen and oxygen atoms in total. The zero-order chi connectivity index (χ0) is 12.0. The van der Waals surface area contributed by atoms with E-state index in [1.54, 1.807) is 6.20 Å². The summed E-state index contributed by atoms with van der Waals surface area (Å²) in [6.07, 6.45) is 2.40. The van der Waals surface area contributed by atoms with Crippen molar-refractivity contribution in [1.82, 2.24) is 15.0 Å². The van der Waals surface area contributed by atoms with Crippen LogP contribution < -0.4 is 5.73 Å². The SMILES string of the molecule is CC(C)CCOC(=O)c1cn(CCN)nn1. The van der Waals surface area contributed by atoms with Crippen molar-refractivity contribution in [1.29, 1.82) is 0 Å². The summed E-state index contributed by atoms with van der Waals surface area (Å²) in [6.45, 7) is 5.58. The second-order valence-corrected chi connectivity index (χ2v) is 3.97. The zero-order valence-electron chi connectivity index (χ0n) is 9.72. The van der Waals surface area contributed by atoms with Gasteiger partial charge >= 0.3 is 5.97 Å². The predicted molar refractivity (Wildman–Crippen MR) is 58.8 cm³/mol. The number of carbonyl (C=O) groups excluding carboxylic acids is 1. The van der Waals surface area contributed by atoms with E-state index in [9.17, 15) is 4.79 Å². The molecule has 0 saturated heterocycles. The number of nitrogens with two attached hydrogens (primary N) is 1. The van der Waals surface area contributed by atoms with Gasteiger partial charge in [0.1, 0.15) is 0 Å². The Bertz CT molecular complexity index is 335. The average Bonchev–Trinajstić information content (AvgIpc) is 2.66. The van der Waals surface area contributed by atoms with Crippen LogP contribution in [0.25, 0.3) is 0 Å². The minimum atomic E-state index is -0.427. The lowest BCUT2D eigenvalue weighted by Gasteiger charge is -2.04. The van der Waals surface area contributed by atoms with E-state index in [-0.39, 0.29) is 5.69 Å². The molecule has 0 unspecified atom stereocenters. The molecule has 0 aliphatic heterocycles. The van der Waals surface area contributed by atoms with Gasteiger partial charge in [-0.05, 0) is 12.3 Å². The first kappa shape index (κ1) is 12.6. The fourth-order valence-corrected chi connectivity index (χ4v) is 1.09. The fourth-order valence-electron chi connectivity index (χ4n) is 1.09. The van der Waals surface area contributed by atoms with Crippen molar-refractivity contribution in [3.05, 3.63) is 11.9 Å². The minimum absolute atomic E-state index is 0.234. The van der Waals surface area contributed by atoms with Gasteiger partial charge in [-0.25, -0.2) is 4.79 Å². The Morgan fingerprint density at radius 2 is 2.38 bits per heavy atom. The van der Waals surface area contributed by atoms with E-state index < -0.39 is 5.97 Å². The molecule has 0 aliphatic carbocycles. The van der Waals surface area contributed by atoms with Gasteiger partial charge in [-0.15, -0.1) is 5.10 Å². The van der Waals surface area contributed by atoms with Crippen LogP contribution in [0.4, 0.5) is 0 Å². The standard InChI is InChI=1S/C10H18N4O2/c1-8(2)3-6-16-10(15)9-7-14(5-4-11)13-12-9/h7-8H,3-6,11H2,1-2H3. The van der Waals surface area contributed by atoms with Gasteiger partial charge in [0.2, 0.25) is 0 Å². The van der Waals surface area contributed by atoms with Gasteiger partial charge < -0.3 is 10.5 Å². The second kappa shape index (κ2) is 6.22. The summed E-state index contributed by atoms with van der Waals surface area (Å²) in [5, 5.41) is 7.47. The molecule has 0 spiro atoms. The van der Waals surface area contributed by atoms with Gasteiger partial charge in [-0.1, -0.05) is 19.1 Å². The van der Waals surface area contributed by atoms with Gasteiger partial charge in [0.05, 0.1) is 19.3 Å². The molecular weight excluding hydrogens is 208 g/mol. The largest absolute Gasteiger partial charge is 0.461 e. The molecule has 0 aromatic carbocycles. The van der Waals surface area contributed by atoms with Gasteiger partial charge in [0.15, 0.2) is 5.69 Å². The number of ether oxygens (including phenoxy) is 1. The summed E-state index contributed by atoms with van der Waals surface area (Å²) in [5.41, 5.74) is 5.59. The van der Waals surface area contributed by atoms with Gasteiger partial charge in [-0.2, -0.15) is 0 Å². The molecular formula is C10H18N4O2. The van der Waals surface area contributed by atoms with Crippen LogP contribution in [0, 0.1) is 5.92 Å². The first-order chi connectivity index (χ1) is 7.63. The third-order valence-corrected chi connectivity index (χ3v) is 2.03. The van der Waals surface area contributed by atoms with E-state index in [4.69, 9.17) is 10.5 Å². The minimum Gasteiger partial charge on any atom is -0.461 e. The number of carbonyl (C=O) groups is 1. The van der Waals surface area contributed by atoms with Crippen molar-refractivity contribution in [2.75, 3.05) is 13.2 Å². The molecule has 16 heavy (non-hydrogen) atoms. The molecule has 90 valence electrons. The molecule has 6 heteroatoms. The van der Waals surface area contributed by atoms with Gasteiger partial charge in [0.25, 0.3) is 0 Å². The average molecular weight is 226 g/mol. The van der Waals surface area contributed by atoms with Crippen LogP contribution in [0.15, 0.2) is 6.20 Å². The molecule has 0 atom stereocenters. The predicted octanol–water partition coefficient (Wildman–Crippen LogP) is 0.440. The van der Waals surface area contributed by atoms with E-state index in [1.165, 1.54) is 4.68 Å². The molecule has 1 heterocycles. The Morgan fingerprint density at radius 3 is 3.00 bits per heavy atom. The van der Waals surface area contributed by atoms with Gasteiger partial charge in [-0.3, -0.25) is 4.68 Å². The number of aromatic nitrogens is 3. The maximum atomic E-state index is 11.5. The summed E-state index contributed by atoms with van der Waals surface area (Å²) in [7, 11) is 0. The van der Waals surface area contributed by atoms with Gasteiger partial charge in [0, 0.05) is 6.54 Å².